The van der Waals surface area contributed by atoms with Crippen molar-refractivity contribution >= 4 is 11.8 Å². The van der Waals surface area contributed by atoms with Crippen LogP contribution < -0.4 is 16.6 Å². The molecule has 5 nitrogen and oxygen atoms in total. The van der Waals surface area contributed by atoms with E-state index in [0.717, 1.165) is 11.8 Å². The van der Waals surface area contributed by atoms with Crippen LogP contribution in [0.25, 0.3) is 0 Å². The molecule has 0 fully saturated rings. The van der Waals surface area contributed by atoms with Gasteiger partial charge < -0.3 is 5.32 Å². The van der Waals surface area contributed by atoms with Gasteiger partial charge in [0.25, 0.3) is 0 Å². The number of rotatable bonds is 5. The molecule has 0 atom stereocenters. The minimum atomic E-state index is -0.557. The standard InChI is InChI=1S/C12H13F2N5/c13-9-3-1-8(2-4-9)5-6-16-11-10(14)7-17-12(18-11)19-15/h1-4,7H,5-6,15H2,(H2,16,17,18,19). The Hall–Kier alpha value is -2.28. The lowest BCUT2D eigenvalue weighted by molar-refractivity contribution is 0.617. The third kappa shape index (κ3) is 3.59. The highest BCUT2D eigenvalue weighted by atomic mass is 19.1. The van der Waals surface area contributed by atoms with Crippen molar-refractivity contribution in [1.29, 1.82) is 0 Å². The maximum Gasteiger partial charge on any atom is 0.239 e. The highest BCUT2D eigenvalue weighted by molar-refractivity contribution is 5.40. The van der Waals surface area contributed by atoms with Gasteiger partial charge in [-0.25, -0.2) is 19.6 Å². The van der Waals surface area contributed by atoms with Crippen LogP contribution in [0.5, 0.6) is 0 Å². The van der Waals surface area contributed by atoms with Crippen molar-refractivity contribution in [1.82, 2.24) is 9.97 Å². The largest absolute Gasteiger partial charge is 0.367 e. The van der Waals surface area contributed by atoms with E-state index in [0.29, 0.717) is 13.0 Å². The van der Waals surface area contributed by atoms with Gasteiger partial charge in [0.2, 0.25) is 5.95 Å². The topological polar surface area (TPSA) is 75.9 Å². The summed E-state index contributed by atoms with van der Waals surface area (Å²) >= 11 is 0. The lowest BCUT2D eigenvalue weighted by atomic mass is 10.1. The fourth-order valence-corrected chi connectivity index (χ4v) is 1.54. The number of aromatic nitrogens is 2. The molecule has 1 heterocycles. The second-order valence-electron chi connectivity index (χ2n) is 3.84. The normalized spacial score (nSPS) is 10.3. The van der Waals surface area contributed by atoms with Crippen LogP contribution in [0.4, 0.5) is 20.5 Å². The molecule has 100 valence electrons. The van der Waals surface area contributed by atoms with Gasteiger partial charge in [0.15, 0.2) is 11.6 Å². The molecule has 0 aliphatic carbocycles. The van der Waals surface area contributed by atoms with Gasteiger partial charge in [0.1, 0.15) is 5.82 Å². The number of nitrogen functional groups attached to an aromatic ring is 1. The van der Waals surface area contributed by atoms with E-state index in [9.17, 15) is 8.78 Å². The van der Waals surface area contributed by atoms with Gasteiger partial charge in [0.05, 0.1) is 6.20 Å². The van der Waals surface area contributed by atoms with Gasteiger partial charge in [-0.1, -0.05) is 12.1 Å². The Labute approximate surface area is 108 Å². The monoisotopic (exact) mass is 265 g/mol. The van der Waals surface area contributed by atoms with Gasteiger partial charge in [0, 0.05) is 6.54 Å². The van der Waals surface area contributed by atoms with Crippen LogP contribution in [0.15, 0.2) is 30.5 Å². The van der Waals surface area contributed by atoms with Gasteiger partial charge in [-0.05, 0) is 24.1 Å². The zero-order valence-electron chi connectivity index (χ0n) is 10.0. The number of benzene rings is 1. The minimum absolute atomic E-state index is 0.0741. The van der Waals surface area contributed by atoms with Crippen LogP contribution in [0.2, 0.25) is 0 Å². The molecule has 1 aromatic heterocycles. The van der Waals surface area contributed by atoms with E-state index in [1.165, 1.54) is 12.1 Å². The molecule has 1 aromatic carbocycles. The quantitative estimate of drug-likeness (QED) is 0.566. The van der Waals surface area contributed by atoms with Crippen LogP contribution in [0.3, 0.4) is 0 Å². The summed E-state index contributed by atoms with van der Waals surface area (Å²) in [5.74, 6) is 4.51. The maximum absolute atomic E-state index is 13.4. The predicted octanol–water partition coefficient (Wildman–Crippen LogP) is 1.69. The minimum Gasteiger partial charge on any atom is -0.367 e. The Kier molecular flexibility index (Phi) is 4.19. The number of hydrazine groups is 1. The zero-order valence-corrected chi connectivity index (χ0v) is 10.0. The molecule has 0 unspecified atom stereocenters. The number of nitrogens with zero attached hydrogens (tertiary/aromatic N) is 2. The van der Waals surface area contributed by atoms with E-state index in [2.05, 4.69) is 20.7 Å². The van der Waals surface area contributed by atoms with Crippen molar-refractivity contribution in [3.63, 3.8) is 0 Å². The Balaban J connectivity index is 1.93. The molecule has 2 rings (SSSR count). The molecular formula is C12H13F2N5. The molecule has 0 aliphatic rings. The van der Waals surface area contributed by atoms with Crippen LogP contribution in [-0.4, -0.2) is 16.5 Å². The summed E-state index contributed by atoms with van der Waals surface area (Å²) in [5.41, 5.74) is 3.18. The van der Waals surface area contributed by atoms with Gasteiger partial charge in [-0.15, -0.1) is 0 Å². The molecule has 0 amide bonds. The summed E-state index contributed by atoms with van der Waals surface area (Å²) in [7, 11) is 0. The van der Waals surface area contributed by atoms with E-state index in [1.54, 1.807) is 12.1 Å². The second kappa shape index (κ2) is 6.05. The lowest BCUT2D eigenvalue weighted by Crippen LogP contribution is -2.14. The number of halogens is 2. The molecule has 0 radical (unpaired) electrons. The van der Waals surface area contributed by atoms with Crippen LogP contribution >= 0.6 is 0 Å². The van der Waals surface area contributed by atoms with E-state index < -0.39 is 5.82 Å². The molecule has 7 heteroatoms. The fourth-order valence-electron chi connectivity index (χ4n) is 1.54. The smallest absolute Gasteiger partial charge is 0.239 e. The van der Waals surface area contributed by atoms with Crippen molar-refractivity contribution < 1.29 is 8.78 Å². The van der Waals surface area contributed by atoms with Crippen molar-refractivity contribution in [2.75, 3.05) is 17.3 Å². The van der Waals surface area contributed by atoms with Gasteiger partial charge in [-0.3, -0.25) is 5.43 Å². The Morgan fingerprint density at radius 1 is 1.16 bits per heavy atom. The maximum atomic E-state index is 13.4. The summed E-state index contributed by atoms with van der Waals surface area (Å²) in [6.07, 6.45) is 1.65. The third-order valence-corrected chi connectivity index (χ3v) is 2.49. The van der Waals surface area contributed by atoms with E-state index in [-0.39, 0.29) is 17.6 Å². The molecule has 4 N–H and O–H groups in total. The highest BCUT2D eigenvalue weighted by Crippen LogP contribution is 2.11. The Morgan fingerprint density at radius 2 is 1.89 bits per heavy atom. The van der Waals surface area contributed by atoms with Crippen LogP contribution in [-0.2, 0) is 6.42 Å². The van der Waals surface area contributed by atoms with Gasteiger partial charge in [-0.2, -0.15) is 4.98 Å². The summed E-state index contributed by atoms with van der Waals surface area (Å²) in [4.78, 5) is 7.47. The first-order valence-corrected chi connectivity index (χ1v) is 5.66. The first kappa shape index (κ1) is 13.2. The molecule has 0 bridgehead atoms. The highest BCUT2D eigenvalue weighted by Gasteiger charge is 2.05. The number of nitrogens with one attached hydrogen (secondary N) is 2. The average Bonchev–Trinajstić information content (AvgIpc) is 2.43. The molecule has 2 aromatic rings. The van der Waals surface area contributed by atoms with Crippen molar-refractivity contribution in [3.8, 4) is 0 Å². The average molecular weight is 265 g/mol. The summed E-state index contributed by atoms with van der Waals surface area (Å²) in [6.45, 7) is 0.462. The summed E-state index contributed by atoms with van der Waals surface area (Å²) < 4.78 is 26.1. The van der Waals surface area contributed by atoms with Crippen LogP contribution in [0.1, 0.15) is 5.56 Å². The van der Waals surface area contributed by atoms with Gasteiger partial charge >= 0.3 is 0 Å². The Bertz CT molecular complexity index is 544. The number of anilines is 2. The molecular weight excluding hydrogens is 252 g/mol. The van der Waals surface area contributed by atoms with E-state index in [4.69, 9.17) is 5.84 Å². The SMILES string of the molecule is NNc1ncc(F)c(NCCc2ccc(F)cc2)n1. The molecule has 0 spiro atoms. The molecule has 0 saturated carbocycles. The lowest BCUT2D eigenvalue weighted by Gasteiger charge is -2.07. The third-order valence-electron chi connectivity index (χ3n) is 2.49. The Morgan fingerprint density at radius 3 is 2.58 bits per heavy atom. The molecule has 19 heavy (non-hydrogen) atoms. The predicted molar refractivity (Wildman–Crippen MR) is 68.4 cm³/mol. The summed E-state index contributed by atoms with van der Waals surface area (Å²) in [6, 6.07) is 6.13. The molecule has 0 aliphatic heterocycles. The molecule has 0 saturated heterocycles. The first-order chi connectivity index (χ1) is 9.19. The van der Waals surface area contributed by atoms with Crippen molar-refractivity contribution in [2.24, 2.45) is 5.84 Å². The van der Waals surface area contributed by atoms with E-state index >= 15 is 0 Å². The van der Waals surface area contributed by atoms with Crippen molar-refractivity contribution in [2.45, 2.75) is 6.42 Å². The second-order valence-corrected chi connectivity index (χ2v) is 3.84. The van der Waals surface area contributed by atoms with E-state index in [1.807, 2.05) is 0 Å². The fraction of sp³-hybridized carbons (Fsp3) is 0.167. The number of nitrogens with two attached hydrogens (primary N) is 1. The first-order valence-electron chi connectivity index (χ1n) is 5.66. The number of hydrogen-bond acceptors (Lipinski definition) is 5. The number of hydrogen-bond donors (Lipinski definition) is 3. The summed E-state index contributed by atoms with van der Waals surface area (Å²) in [5, 5.41) is 2.84. The zero-order chi connectivity index (χ0) is 13.7. The van der Waals surface area contributed by atoms with Crippen molar-refractivity contribution in [3.05, 3.63) is 47.7 Å². The van der Waals surface area contributed by atoms with Crippen LogP contribution in [0, 0.1) is 11.6 Å².